The number of carbonyl (C=O) groups is 1. The van der Waals surface area contributed by atoms with Crippen LogP contribution in [0.1, 0.15) is 27.9 Å². The van der Waals surface area contributed by atoms with E-state index in [0.29, 0.717) is 42.2 Å². The van der Waals surface area contributed by atoms with E-state index in [1.54, 1.807) is 42.6 Å². The van der Waals surface area contributed by atoms with Gasteiger partial charge in [-0.15, -0.1) is 11.3 Å². The first-order chi connectivity index (χ1) is 21.2. The summed E-state index contributed by atoms with van der Waals surface area (Å²) in [5.74, 6) is -2.50. The zero-order valence-corrected chi connectivity index (χ0v) is 25.2. The van der Waals surface area contributed by atoms with Gasteiger partial charge < -0.3 is 15.0 Å². The van der Waals surface area contributed by atoms with Crippen molar-refractivity contribution in [3.63, 3.8) is 0 Å². The molecular formula is C33H30F3N5O2S. The zero-order chi connectivity index (χ0) is 31.2. The van der Waals surface area contributed by atoms with Gasteiger partial charge in [0.05, 0.1) is 26.8 Å². The lowest BCUT2D eigenvalue weighted by atomic mass is 9.99. The van der Waals surface area contributed by atoms with Crippen LogP contribution in [0, 0.1) is 17.5 Å². The summed E-state index contributed by atoms with van der Waals surface area (Å²) in [4.78, 5) is 29.3. The molecule has 2 heterocycles. The number of benzene rings is 3. The van der Waals surface area contributed by atoms with E-state index in [-0.39, 0.29) is 18.1 Å². The zero-order valence-electron chi connectivity index (χ0n) is 24.4. The van der Waals surface area contributed by atoms with Gasteiger partial charge in [0.15, 0.2) is 17.3 Å². The maximum atomic E-state index is 14.7. The Hall–Kier alpha value is -4.61. The molecule has 7 nitrogen and oxygen atoms in total. The molecule has 0 saturated heterocycles. The number of anilines is 2. The summed E-state index contributed by atoms with van der Waals surface area (Å²) >= 11 is 1.48. The topological polar surface area (TPSA) is 80.2 Å². The average molecular weight is 618 g/mol. The molecule has 5 rings (SSSR count). The van der Waals surface area contributed by atoms with Crippen LogP contribution in [0.2, 0.25) is 0 Å². The number of aromatic nitrogens is 3. The van der Waals surface area contributed by atoms with Crippen LogP contribution in [0.3, 0.4) is 0 Å². The summed E-state index contributed by atoms with van der Waals surface area (Å²) in [5, 5.41) is 3.93. The number of ether oxygens (including phenoxy) is 1. The van der Waals surface area contributed by atoms with Crippen molar-refractivity contribution in [3.8, 4) is 27.6 Å². The molecule has 3 aromatic carbocycles. The van der Waals surface area contributed by atoms with E-state index >= 15 is 0 Å². The second-order valence-corrected chi connectivity index (χ2v) is 11.3. The van der Waals surface area contributed by atoms with Crippen molar-refractivity contribution < 1.29 is 22.7 Å². The molecule has 0 aliphatic carbocycles. The summed E-state index contributed by atoms with van der Waals surface area (Å²) in [6.45, 7) is 3.03. The number of Topliss-reactive ketones (excluding diaryl/α,β-unsaturated/α-hetero) is 1. The number of thiazole rings is 1. The van der Waals surface area contributed by atoms with Crippen molar-refractivity contribution in [3.05, 3.63) is 107 Å². The van der Waals surface area contributed by atoms with Crippen molar-refractivity contribution in [1.82, 2.24) is 19.9 Å². The number of hydrogen-bond donors (Lipinski definition) is 1. The molecule has 0 aliphatic rings. The SMILES string of the molecule is CCc1nc(-c2cccc(CC(=O)c3c(F)cccc3F)c2)c(-c2ccnc(Nc3ccc(OCCN(C)C)c(F)c3)n2)s1. The minimum Gasteiger partial charge on any atom is -0.489 e. The highest BCUT2D eigenvalue weighted by atomic mass is 32.1. The van der Waals surface area contributed by atoms with Crippen LogP contribution in [0.4, 0.5) is 24.8 Å². The molecule has 0 saturated carbocycles. The van der Waals surface area contributed by atoms with Crippen LogP contribution in [-0.4, -0.2) is 52.9 Å². The highest BCUT2D eigenvalue weighted by molar-refractivity contribution is 7.15. The van der Waals surface area contributed by atoms with Crippen LogP contribution in [0.25, 0.3) is 21.8 Å². The maximum Gasteiger partial charge on any atom is 0.227 e. The van der Waals surface area contributed by atoms with Crippen LogP contribution in [0.5, 0.6) is 5.75 Å². The molecule has 0 aliphatic heterocycles. The summed E-state index contributed by atoms with van der Waals surface area (Å²) in [5.41, 5.74) is 2.50. The molecule has 1 N–H and O–H groups in total. The third-order valence-corrected chi connectivity index (χ3v) is 7.88. The Labute approximate surface area is 257 Å². The fraction of sp³-hybridized carbons (Fsp3) is 0.212. The van der Waals surface area contributed by atoms with Gasteiger partial charge in [0.2, 0.25) is 5.95 Å². The molecule has 5 aromatic rings. The monoisotopic (exact) mass is 617 g/mol. The van der Waals surface area contributed by atoms with Gasteiger partial charge in [0, 0.05) is 36.5 Å². The quantitative estimate of drug-likeness (QED) is 0.147. The molecule has 0 bridgehead atoms. The fourth-order valence-corrected chi connectivity index (χ4v) is 5.46. The summed E-state index contributed by atoms with van der Waals surface area (Å²) < 4.78 is 48.6. The van der Waals surface area contributed by atoms with Gasteiger partial charge >= 0.3 is 0 Å². The third kappa shape index (κ3) is 7.29. The molecule has 0 amide bonds. The molecule has 0 unspecified atom stereocenters. The Morgan fingerprint density at radius 1 is 0.955 bits per heavy atom. The minimum absolute atomic E-state index is 0.163. The predicted octanol–water partition coefficient (Wildman–Crippen LogP) is 7.36. The highest BCUT2D eigenvalue weighted by Crippen LogP contribution is 2.37. The molecule has 2 aromatic heterocycles. The van der Waals surface area contributed by atoms with Gasteiger partial charge in [-0.2, -0.15) is 0 Å². The maximum absolute atomic E-state index is 14.7. The number of carbonyl (C=O) groups excluding carboxylic acids is 1. The lowest BCUT2D eigenvalue weighted by Gasteiger charge is -2.12. The number of nitrogens with one attached hydrogen (secondary N) is 1. The second-order valence-electron chi connectivity index (χ2n) is 10.2. The molecule has 0 spiro atoms. The summed E-state index contributed by atoms with van der Waals surface area (Å²) in [7, 11) is 3.83. The first-order valence-electron chi connectivity index (χ1n) is 14.0. The van der Waals surface area contributed by atoms with Gasteiger partial charge in [-0.1, -0.05) is 31.2 Å². The Bertz CT molecular complexity index is 1770. The van der Waals surface area contributed by atoms with Gasteiger partial charge in [0.1, 0.15) is 18.2 Å². The van der Waals surface area contributed by atoms with Crippen molar-refractivity contribution in [2.24, 2.45) is 0 Å². The molecule has 226 valence electrons. The fourth-order valence-electron chi connectivity index (χ4n) is 4.46. The van der Waals surface area contributed by atoms with Crippen molar-refractivity contribution in [2.45, 2.75) is 19.8 Å². The molecule has 0 fully saturated rings. The molecule has 11 heteroatoms. The van der Waals surface area contributed by atoms with E-state index in [9.17, 15) is 18.0 Å². The van der Waals surface area contributed by atoms with Gasteiger partial charge in [0.25, 0.3) is 0 Å². The van der Waals surface area contributed by atoms with Gasteiger partial charge in [-0.3, -0.25) is 4.79 Å². The van der Waals surface area contributed by atoms with E-state index in [1.807, 2.05) is 32.0 Å². The number of aryl methyl sites for hydroxylation is 1. The van der Waals surface area contributed by atoms with E-state index < -0.39 is 28.8 Å². The van der Waals surface area contributed by atoms with Gasteiger partial charge in [-0.25, -0.2) is 28.1 Å². The number of hydrogen-bond acceptors (Lipinski definition) is 8. The van der Waals surface area contributed by atoms with E-state index in [2.05, 4.69) is 15.3 Å². The van der Waals surface area contributed by atoms with Crippen molar-refractivity contribution >= 4 is 28.8 Å². The normalized spacial score (nSPS) is 11.2. The third-order valence-electron chi connectivity index (χ3n) is 6.65. The van der Waals surface area contributed by atoms with Crippen molar-refractivity contribution in [2.75, 3.05) is 32.6 Å². The van der Waals surface area contributed by atoms with Crippen LogP contribution < -0.4 is 10.1 Å². The smallest absolute Gasteiger partial charge is 0.227 e. The molecule has 0 radical (unpaired) electrons. The first-order valence-corrected chi connectivity index (χ1v) is 14.8. The van der Waals surface area contributed by atoms with Crippen LogP contribution in [0.15, 0.2) is 72.9 Å². The molecular weight excluding hydrogens is 587 g/mol. The first kappa shape index (κ1) is 30.8. The lowest BCUT2D eigenvalue weighted by molar-refractivity contribution is 0.0985. The largest absolute Gasteiger partial charge is 0.489 e. The van der Waals surface area contributed by atoms with Crippen LogP contribution >= 0.6 is 11.3 Å². The molecule has 44 heavy (non-hydrogen) atoms. The van der Waals surface area contributed by atoms with Gasteiger partial charge in [-0.05, 0) is 62.5 Å². The highest BCUT2D eigenvalue weighted by Gasteiger charge is 2.20. The number of nitrogens with zero attached hydrogens (tertiary/aromatic N) is 4. The number of halogens is 3. The summed E-state index contributed by atoms with van der Waals surface area (Å²) in [6, 6.07) is 16.9. The second kappa shape index (κ2) is 13.8. The Kier molecular flexibility index (Phi) is 9.66. The number of likely N-dealkylation sites (N-methyl/N-ethyl adjacent to an activating group) is 1. The van der Waals surface area contributed by atoms with E-state index in [4.69, 9.17) is 9.72 Å². The predicted molar refractivity (Wildman–Crippen MR) is 166 cm³/mol. The standard InChI is InChI=1S/C33H30F3N5O2S/c1-4-29-40-31(21-8-5-7-20(17-21)18-27(42)30-23(34)9-6-10-24(30)35)32(44-29)26-13-14-37-33(39-26)38-22-11-12-28(25(36)19-22)43-16-15-41(2)3/h5-14,17,19H,4,15-16,18H2,1-3H3,(H,37,38,39). The lowest BCUT2D eigenvalue weighted by Crippen LogP contribution is -2.19. The Balaban J connectivity index is 1.39. The minimum atomic E-state index is -0.888. The Morgan fingerprint density at radius 3 is 2.45 bits per heavy atom. The van der Waals surface area contributed by atoms with E-state index in [0.717, 1.165) is 27.6 Å². The van der Waals surface area contributed by atoms with Crippen molar-refractivity contribution in [1.29, 1.82) is 0 Å². The Morgan fingerprint density at radius 2 is 1.73 bits per heavy atom. The van der Waals surface area contributed by atoms with E-state index in [1.165, 1.54) is 23.5 Å². The number of ketones is 1. The summed E-state index contributed by atoms with van der Waals surface area (Å²) in [6.07, 6.45) is 2.12. The number of rotatable bonds is 12. The molecule has 0 atom stereocenters. The average Bonchev–Trinajstić information content (AvgIpc) is 3.43. The van der Waals surface area contributed by atoms with Crippen LogP contribution in [-0.2, 0) is 12.8 Å².